The fourth-order valence-electron chi connectivity index (χ4n) is 6.43. The van der Waals surface area contributed by atoms with Crippen molar-refractivity contribution in [1.82, 2.24) is 18.9 Å². The maximum absolute atomic E-state index is 14.4. The quantitative estimate of drug-likeness (QED) is 0.221. The number of alkyl halides is 2. The zero-order chi connectivity index (χ0) is 33.5. The van der Waals surface area contributed by atoms with E-state index in [0.717, 1.165) is 11.6 Å². The highest BCUT2D eigenvalue weighted by atomic mass is 32.2. The Morgan fingerprint density at radius 1 is 1.09 bits per heavy atom. The molecule has 0 bridgehead atoms. The molecule has 6 rings (SSSR count). The van der Waals surface area contributed by atoms with E-state index in [0.29, 0.717) is 48.3 Å². The van der Waals surface area contributed by atoms with Crippen LogP contribution >= 0.6 is 0 Å². The molecule has 2 aromatic carbocycles. The van der Waals surface area contributed by atoms with E-state index in [-0.39, 0.29) is 42.4 Å². The van der Waals surface area contributed by atoms with E-state index in [4.69, 9.17) is 14.2 Å². The number of nitrogens with zero attached hydrogens (tertiary/aromatic N) is 4. The van der Waals surface area contributed by atoms with Crippen molar-refractivity contribution < 1.29 is 40.6 Å². The summed E-state index contributed by atoms with van der Waals surface area (Å²) in [6.45, 7) is 6.24. The molecule has 47 heavy (non-hydrogen) atoms. The summed E-state index contributed by atoms with van der Waals surface area (Å²) in [6.07, 6.45) is -0.522. The SMILES string of the molecule is CCOC(=O)CC(c1ccc(C)c(CN2CC3(CCOCC3)Oc3ccc(F)cc3S2(=O)=O)c1)c1ccn2c(C(F)F)nnc2c1C. The number of ether oxygens (including phenoxy) is 3. The number of fused-ring (bicyclic) bond motifs is 2. The van der Waals surface area contributed by atoms with Crippen molar-refractivity contribution in [3.63, 3.8) is 0 Å². The number of hydrogen-bond acceptors (Lipinski definition) is 8. The van der Waals surface area contributed by atoms with Gasteiger partial charge in [-0.2, -0.15) is 4.31 Å². The van der Waals surface area contributed by atoms with Crippen molar-refractivity contribution in [2.75, 3.05) is 26.4 Å². The van der Waals surface area contributed by atoms with Gasteiger partial charge in [-0.1, -0.05) is 18.2 Å². The first-order chi connectivity index (χ1) is 22.4. The molecule has 250 valence electrons. The van der Waals surface area contributed by atoms with Gasteiger partial charge in [-0.15, -0.1) is 10.2 Å². The lowest BCUT2D eigenvalue weighted by Gasteiger charge is -2.38. The maximum Gasteiger partial charge on any atom is 0.306 e. The van der Waals surface area contributed by atoms with Crippen LogP contribution in [0.25, 0.3) is 5.65 Å². The Morgan fingerprint density at radius 2 is 1.85 bits per heavy atom. The smallest absolute Gasteiger partial charge is 0.306 e. The lowest BCUT2D eigenvalue weighted by Crippen LogP contribution is -2.50. The molecule has 2 aliphatic rings. The molecule has 10 nitrogen and oxygen atoms in total. The van der Waals surface area contributed by atoms with Crippen LogP contribution in [-0.4, -0.2) is 65.3 Å². The summed E-state index contributed by atoms with van der Waals surface area (Å²) in [5, 5.41) is 7.64. The molecule has 0 amide bonds. The van der Waals surface area contributed by atoms with E-state index in [1.165, 1.54) is 27.0 Å². The number of carbonyl (C=O) groups is 1. The average Bonchev–Trinajstić information content (AvgIpc) is 3.45. The van der Waals surface area contributed by atoms with Gasteiger partial charge in [0.05, 0.1) is 32.8 Å². The minimum absolute atomic E-state index is 0.0278. The Labute approximate surface area is 270 Å². The average molecular weight is 673 g/mol. The minimum atomic E-state index is -4.21. The fraction of sp³-hybridized carbons (Fsp3) is 0.424. The highest BCUT2D eigenvalue weighted by Crippen LogP contribution is 2.40. The van der Waals surface area contributed by atoms with Gasteiger partial charge in [0.15, 0.2) is 5.65 Å². The van der Waals surface area contributed by atoms with Crippen molar-refractivity contribution >= 4 is 21.6 Å². The van der Waals surface area contributed by atoms with Crippen molar-refractivity contribution in [2.24, 2.45) is 0 Å². The molecule has 4 heterocycles. The summed E-state index contributed by atoms with van der Waals surface area (Å²) in [7, 11) is -4.21. The van der Waals surface area contributed by atoms with Gasteiger partial charge < -0.3 is 14.2 Å². The first kappa shape index (κ1) is 32.9. The van der Waals surface area contributed by atoms with Gasteiger partial charge in [0.2, 0.25) is 15.8 Å². The number of aryl methyl sites for hydroxylation is 2. The van der Waals surface area contributed by atoms with E-state index in [1.807, 2.05) is 25.1 Å². The van der Waals surface area contributed by atoms with Gasteiger partial charge >= 0.3 is 5.97 Å². The number of hydrogen-bond donors (Lipinski definition) is 0. The maximum atomic E-state index is 14.4. The topological polar surface area (TPSA) is 112 Å². The summed E-state index contributed by atoms with van der Waals surface area (Å²) in [6, 6.07) is 10.7. The second-order valence-electron chi connectivity index (χ2n) is 12.0. The molecule has 2 aliphatic heterocycles. The fourth-order valence-corrected chi connectivity index (χ4v) is 8.04. The summed E-state index contributed by atoms with van der Waals surface area (Å²) < 4.78 is 89.5. The molecule has 1 fully saturated rings. The van der Waals surface area contributed by atoms with E-state index < -0.39 is 45.6 Å². The summed E-state index contributed by atoms with van der Waals surface area (Å²) in [4.78, 5) is 12.6. The van der Waals surface area contributed by atoms with E-state index >= 15 is 0 Å². The predicted molar refractivity (Wildman–Crippen MR) is 164 cm³/mol. The molecule has 1 unspecified atom stereocenters. The van der Waals surface area contributed by atoms with Gasteiger partial charge in [-0.25, -0.2) is 21.6 Å². The predicted octanol–water partition coefficient (Wildman–Crippen LogP) is 5.64. The highest BCUT2D eigenvalue weighted by molar-refractivity contribution is 7.89. The van der Waals surface area contributed by atoms with Crippen LogP contribution < -0.4 is 4.74 Å². The normalized spacial score (nSPS) is 18.1. The minimum Gasteiger partial charge on any atom is -0.484 e. The zero-order valence-corrected chi connectivity index (χ0v) is 27.0. The Kier molecular flexibility index (Phi) is 9.02. The third-order valence-electron chi connectivity index (χ3n) is 8.98. The molecule has 1 saturated heterocycles. The number of sulfonamides is 1. The van der Waals surface area contributed by atoms with Crippen LogP contribution in [-0.2, 0) is 30.8 Å². The number of benzene rings is 2. The lowest BCUT2D eigenvalue weighted by molar-refractivity contribution is -0.143. The number of halogens is 3. The van der Waals surface area contributed by atoms with Crippen LogP contribution in [0.4, 0.5) is 13.2 Å². The van der Waals surface area contributed by atoms with Crippen LogP contribution in [0.3, 0.4) is 0 Å². The third-order valence-corrected chi connectivity index (χ3v) is 10.8. The lowest BCUT2D eigenvalue weighted by atomic mass is 9.85. The number of aromatic nitrogens is 3. The van der Waals surface area contributed by atoms with E-state index in [2.05, 4.69) is 10.2 Å². The number of carbonyl (C=O) groups excluding carboxylic acids is 1. The number of esters is 1. The highest BCUT2D eigenvalue weighted by Gasteiger charge is 2.45. The van der Waals surface area contributed by atoms with Gasteiger partial charge in [-0.05, 0) is 72.9 Å². The van der Waals surface area contributed by atoms with Crippen molar-refractivity contribution in [3.05, 3.63) is 88.1 Å². The number of pyridine rings is 1. The molecular formula is C33H35F3N4O6S. The van der Waals surface area contributed by atoms with Crippen molar-refractivity contribution in [3.8, 4) is 5.75 Å². The first-order valence-electron chi connectivity index (χ1n) is 15.4. The summed E-state index contributed by atoms with van der Waals surface area (Å²) in [5.41, 5.74) is 2.76. The molecule has 4 aromatic rings. The third kappa shape index (κ3) is 6.33. The van der Waals surface area contributed by atoms with E-state index in [9.17, 15) is 26.4 Å². The Balaban J connectivity index is 1.42. The van der Waals surface area contributed by atoms with Crippen LogP contribution in [0.2, 0.25) is 0 Å². The second-order valence-corrected chi connectivity index (χ2v) is 13.9. The van der Waals surface area contributed by atoms with Crippen LogP contribution in [0.1, 0.15) is 72.2 Å². The molecule has 1 spiro atoms. The molecule has 0 aliphatic carbocycles. The van der Waals surface area contributed by atoms with Crippen molar-refractivity contribution in [2.45, 2.75) is 69.4 Å². The zero-order valence-electron chi connectivity index (χ0n) is 26.2. The molecule has 1 atom stereocenters. The van der Waals surface area contributed by atoms with E-state index in [1.54, 1.807) is 19.9 Å². The van der Waals surface area contributed by atoms with Gasteiger partial charge in [0.25, 0.3) is 6.43 Å². The molecule has 0 radical (unpaired) electrons. The van der Waals surface area contributed by atoms with Crippen molar-refractivity contribution in [1.29, 1.82) is 0 Å². The standard InChI is InChI=1S/C33H35F3N4O6S/c1-4-45-29(41)17-26(25-9-12-40-31(21(25)3)37-38-32(40)30(35)36)22-6-5-20(2)23(15-22)18-39-19-33(10-13-44-14-11-33)46-27-8-7-24(34)16-28(27)47(39,42)43/h5-9,12,15-16,26,30H,4,10-11,13-14,17-19H2,1-3H3. The number of rotatable bonds is 8. The summed E-state index contributed by atoms with van der Waals surface area (Å²) >= 11 is 0. The molecular weight excluding hydrogens is 637 g/mol. The van der Waals surface area contributed by atoms with Gasteiger partial charge in [0, 0.05) is 31.5 Å². The van der Waals surface area contributed by atoms with Crippen LogP contribution in [0.15, 0.2) is 53.6 Å². The summed E-state index contributed by atoms with van der Waals surface area (Å²) in [5.74, 6) is -2.11. The Hall–Kier alpha value is -4.01. The molecule has 2 aromatic heterocycles. The molecule has 14 heteroatoms. The monoisotopic (exact) mass is 672 g/mol. The Bertz CT molecular complexity index is 1930. The molecule has 0 N–H and O–H groups in total. The van der Waals surface area contributed by atoms with Crippen LogP contribution in [0, 0.1) is 19.7 Å². The van der Waals surface area contributed by atoms with Gasteiger partial charge in [-0.3, -0.25) is 9.20 Å². The van der Waals surface area contributed by atoms with Crippen LogP contribution in [0.5, 0.6) is 5.75 Å². The largest absolute Gasteiger partial charge is 0.484 e. The second kappa shape index (κ2) is 12.9. The first-order valence-corrected chi connectivity index (χ1v) is 16.8. The Morgan fingerprint density at radius 3 is 2.57 bits per heavy atom. The van der Waals surface area contributed by atoms with Gasteiger partial charge in [0.1, 0.15) is 22.1 Å². The molecule has 0 saturated carbocycles.